The Balaban J connectivity index is 1.70. The van der Waals surface area contributed by atoms with Gasteiger partial charge in [0.1, 0.15) is 11.8 Å². The van der Waals surface area contributed by atoms with Gasteiger partial charge in [-0.05, 0) is 29.7 Å². The van der Waals surface area contributed by atoms with E-state index >= 15 is 0 Å². The monoisotopic (exact) mass is 382 g/mol. The molecule has 2 aromatic rings. The molecule has 1 aliphatic heterocycles. The van der Waals surface area contributed by atoms with Gasteiger partial charge in [0.05, 0.1) is 26.3 Å². The van der Waals surface area contributed by atoms with Crippen LogP contribution in [0.1, 0.15) is 18.1 Å². The third-order valence-corrected chi connectivity index (χ3v) is 5.13. The van der Waals surface area contributed by atoms with Crippen LogP contribution in [-0.4, -0.2) is 43.2 Å². The molecule has 0 bridgehead atoms. The van der Waals surface area contributed by atoms with Crippen molar-refractivity contribution in [3.63, 3.8) is 0 Å². The second kappa shape index (κ2) is 8.89. The number of nitrogens with one attached hydrogen (secondary N) is 1. The highest BCUT2D eigenvalue weighted by molar-refractivity contribution is 5.86. The second-order valence-corrected chi connectivity index (χ2v) is 6.98. The van der Waals surface area contributed by atoms with Crippen molar-refractivity contribution in [3.8, 4) is 5.75 Å². The van der Waals surface area contributed by atoms with E-state index in [1.54, 1.807) is 12.0 Å². The summed E-state index contributed by atoms with van der Waals surface area (Å²) in [6, 6.07) is 16.9. The highest BCUT2D eigenvalue weighted by Gasteiger charge is 2.45. The number of ether oxygens (including phenoxy) is 2. The van der Waals surface area contributed by atoms with E-state index in [0.29, 0.717) is 13.0 Å². The van der Waals surface area contributed by atoms with E-state index in [4.69, 9.17) is 9.47 Å². The third kappa shape index (κ3) is 4.34. The molecule has 1 N–H and O–H groups in total. The molecule has 1 saturated heterocycles. The summed E-state index contributed by atoms with van der Waals surface area (Å²) in [7, 11) is 3.00. The van der Waals surface area contributed by atoms with Crippen molar-refractivity contribution >= 4 is 11.9 Å². The van der Waals surface area contributed by atoms with E-state index in [9.17, 15) is 9.59 Å². The molecule has 3 atom stereocenters. The maximum absolute atomic E-state index is 12.4. The molecule has 1 aliphatic rings. The molecule has 1 heterocycles. The summed E-state index contributed by atoms with van der Waals surface area (Å²) in [6.45, 7) is 2.35. The molecule has 1 fully saturated rings. The molecule has 6 nitrogen and oxygen atoms in total. The van der Waals surface area contributed by atoms with Gasteiger partial charge in [0.15, 0.2) is 0 Å². The summed E-state index contributed by atoms with van der Waals surface area (Å²) in [5, 5.41) is 3.33. The number of esters is 1. The first-order valence-corrected chi connectivity index (χ1v) is 9.34. The summed E-state index contributed by atoms with van der Waals surface area (Å²) >= 11 is 0. The van der Waals surface area contributed by atoms with Crippen molar-refractivity contribution in [3.05, 3.63) is 65.7 Å². The number of carbonyl (C=O) groups excluding carboxylic acids is 2. The average Bonchev–Trinajstić information content (AvgIpc) is 2.75. The van der Waals surface area contributed by atoms with Crippen LogP contribution in [0.4, 0.5) is 0 Å². The Bertz CT molecular complexity index is 807. The van der Waals surface area contributed by atoms with Crippen LogP contribution in [0.2, 0.25) is 0 Å². The molecule has 0 radical (unpaired) electrons. The Kier molecular flexibility index (Phi) is 6.31. The highest BCUT2D eigenvalue weighted by Crippen LogP contribution is 2.28. The zero-order valence-electron chi connectivity index (χ0n) is 16.4. The number of likely N-dealkylation sites (tertiary alicyclic amines) is 1. The number of carbonyl (C=O) groups is 2. The van der Waals surface area contributed by atoms with Gasteiger partial charge in [-0.3, -0.25) is 14.9 Å². The van der Waals surface area contributed by atoms with Gasteiger partial charge in [0.2, 0.25) is 5.91 Å². The van der Waals surface area contributed by atoms with Gasteiger partial charge in [-0.2, -0.15) is 0 Å². The average molecular weight is 382 g/mol. The minimum atomic E-state index is -0.522. The lowest BCUT2D eigenvalue weighted by Crippen LogP contribution is -2.68. The third-order valence-electron chi connectivity index (χ3n) is 5.13. The Morgan fingerprint density at radius 3 is 2.36 bits per heavy atom. The van der Waals surface area contributed by atoms with Crippen LogP contribution < -0.4 is 10.1 Å². The van der Waals surface area contributed by atoms with Gasteiger partial charge in [-0.15, -0.1) is 0 Å². The summed E-state index contributed by atoms with van der Waals surface area (Å²) in [6.07, 6.45) is 0.281. The highest BCUT2D eigenvalue weighted by atomic mass is 16.5. The quantitative estimate of drug-likeness (QED) is 0.561. The summed E-state index contributed by atoms with van der Waals surface area (Å²) in [4.78, 5) is 26.5. The van der Waals surface area contributed by atoms with Crippen LogP contribution in [0.15, 0.2) is 54.6 Å². The maximum Gasteiger partial charge on any atom is 0.323 e. The molecule has 3 rings (SSSR count). The van der Waals surface area contributed by atoms with Gasteiger partial charge >= 0.3 is 5.97 Å². The SMILES string of the molecule is COC(=O)[C@H](Cc1ccccc1)N[C@@H]1[C@H](C)C(=O)N1Cc1ccc(OC)cc1. The number of β-lactam (4-membered cyclic amide) rings is 1. The van der Waals surface area contributed by atoms with Crippen LogP contribution in [0.25, 0.3) is 0 Å². The number of nitrogens with zero attached hydrogens (tertiary/aromatic N) is 1. The first kappa shape index (κ1) is 19.9. The van der Waals surface area contributed by atoms with Crippen LogP contribution in [0.3, 0.4) is 0 Å². The van der Waals surface area contributed by atoms with Crippen LogP contribution in [0, 0.1) is 5.92 Å². The first-order valence-electron chi connectivity index (χ1n) is 9.34. The minimum Gasteiger partial charge on any atom is -0.497 e. The van der Waals surface area contributed by atoms with Crippen LogP contribution >= 0.6 is 0 Å². The lowest BCUT2D eigenvalue weighted by Gasteiger charge is -2.47. The van der Waals surface area contributed by atoms with E-state index in [1.165, 1.54) is 7.11 Å². The first-order chi connectivity index (χ1) is 13.5. The Hall–Kier alpha value is -2.86. The second-order valence-electron chi connectivity index (χ2n) is 6.98. The van der Waals surface area contributed by atoms with Crippen molar-refractivity contribution in [1.82, 2.24) is 10.2 Å². The van der Waals surface area contributed by atoms with Gasteiger partial charge in [-0.1, -0.05) is 49.4 Å². The summed E-state index contributed by atoms with van der Waals surface area (Å²) in [5.41, 5.74) is 2.04. The number of amides is 1. The van der Waals surface area contributed by atoms with E-state index in [1.807, 2.05) is 61.5 Å². The molecule has 0 spiro atoms. The standard InChI is InChI=1S/C22H26N2O4/c1-15-20(23-19(22(26)28-3)13-16-7-5-4-6-8-16)24(21(15)25)14-17-9-11-18(27-2)12-10-17/h4-12,15,19-20,23H,13-14H2,1-3H3/t15-,19-,20-/m0/s1. The number of methoxy groups -OCH3 is 2. The van der Waals surface area contributed by atoms with E-state index in [2.05, 4.69) is 5.32 Å². The number of benzene rings is 2. The summed E-state index contributed by atoms with van der Waals surface area (Å²) < 4.78 is 10.2. The van der Waals surface area contributed by atoms with Crippen LogP contribution in [-0.2, 0) is 27.3 Å². The Labute approximate surface area is 165 Å². The molecular weight excluding hydrogens is 356 g/mol. The van der Waals surface area contributed by atoms with Crippen molar-refractivity contribution < 1.29 is 19.1 Å². The topological polar surface area (TPSA) is 67.9 Å². The number of hydrogen-bond acceptors (Lipinski definition) is 5. The molecule has 2 aromatic carbocycles. The van der Waals surface area contributed by atoms with Crippen molar-refractivity contribution in [2.45, 2.75) is 32.1 Å². The van der Waals surface area contributed by atoms with Gasteiger partial charge in [0, 0.05) is 6.54 Å². The van der Waals surface area contributed by atoms with E-state index < -0.39 is 6.04 Å². The molecule has 0 saturated carbocycles. The van der Waals surface area contributed by atoms with Gasteiger partial charge in [0.25, 0.3) is 0 Å². The molecule has 0 aliphatic carbocycles. The lowest BCUT2D eigenvalue weighted by atomic mass is 9.93. The molecule has 28 heavy (non-hydrogen) atoms. The van der Waals surface area contributed by atoms with Gasteiger partial charge in [-0.25, -0.2) is 0 Å². The van der Waals surface area contributed by atoms with Gasteiger partial charge < -0.3 is 14.4 Å². The van der Waals surface area contributed by atoms with Crippen molar-refractivity contribution in [2.75, 3.05) is 14.2 Å². The lowest BCUT2D eigenvalue weighted by molar-refractivity contribution is -0.162. The molecular formula is C22H26N2O4. The van der Waals surface area contributed by atoms with Crippen molar-refractivity contribution in [2.24, 2.45) is 5.92 Å². The fourth-order valence-corrected chi connectivity index (χ4v) is 3.47. The minimum absolute atomic E-state index is 0.0663. The molecule has 148 valence electrons. The predicted octanol–water partition coefficient (Wildman–Crippen LogP) is 2.37. The maximum atomic E-state index is 12.4. The molecule has 0 unspecified atom stereocenters. The molecule has 0 aromatic heterocycles. The van der Waals surface area contributed by atoms with E-state index in [-0.39, 0.29) is 24.0 Å². The van der Waals surface area contributed by atoms with Crippen LogP contribution in [0.5, 0.6) is 5.75 Å². The fraction of sp³-hybridized carbons (Fsp3) is 0.364. The normalized spacial score (nSPS) is 19.7. The van der Waals surface area contributed by atoms with Crippen molar-refractivity contribution in [1.29, 1.82) is 0 Å². The number of hydrogen-bond donors (Lipinski definition) is 1. The molecule has 1 amide bonds. The predicted molar refractivity (Wildman–Crippen MR) is 106 cm³/mol. The molecule has 6 heteroatoms. The van der Waals surface area contributed by atoms with E-state index in [0.717, 1.165) is 16.9 Å². The zero-order chi connectivity index (χ0) is 20.1. The number of rotatable bonds is 8. The Morgan fingerprint density at radius 1 is 1.07 bits per heavy atom. The smallest absolute Gasteiger partial charge is 0.323 e. The fourth-order valence-electron chi connectivity index (χ4n) is 3.47. The summed E-state index contributed by atoms with van der Waals surface area (Å²) in [5.74, 6) is 0.313. The Morgan fingerprint density at radius 2 is 1.75 bits per heavy atom. The zero-order valence-corrected chi connectivity index (χ0v) is 16.4. The largest absolute Gasteiger partial charge is 0.497 e.